The van der Waals surface area contributed by atoms with Crippen molar-refractivity contribution in [3.8, 4) is 0 Å². The lowest BCUT2D eigenvalue weighted by Crippen LogP contribution is -2.27. The molecule has 0 saturated heterocycles. The number of aryl methyl sites for hydroxylation is 3. The van der Waals surface area contributed by atoms with Gasteiger partial charge in [0.15, 0.2) is 0 Å². The SMILES string of the molecule is Cc1nc(C)c(C(=O)Nc2c(C)cccc2C(C)C)c(=O)[nH]1. The number of benzene rings is 1. The number of hydrogen-bond acceptors (Lipinski definition) is 3. The predicted molar refractivity (Wildman–Crippen MR) is 87.6 cm³/mol. The average molecular weight is 299 g/mol. The Hall–Kier alpha value is -2.43. The van der Waals surface area contributed by atoms with Gasteiger partial charge in [-0.2, -0.15) is 0 Å². The molecule has 1 amide bonds. The Morgan fingerprint density at radius 2 is 1.91 bits per heavy atom. The van der Waals surface area contributed by atoms with E-state index < -0.39 is 11.5 Å². The van der Waals surface area contributed by atoms with Crippen LogP contribution in [0.4, 0.5) is 5.69 Å². The molecule has 5 nitrogen and oxygen atoms in total. The maximum atomic E-state index is 12.5. The summed E-state index contributed by atoms with van der Waals surface area (Å²) in [6.45, 7) is 9.42. The molecular weight excluding hydrogens is 278 g/mol. The van der Waals surface area contributed by atoms with Crippen molar-refractivity contribution in [2.45, 2.75) is 40.5 Å². The maximum Gasteiger partial charge on any atom is 0.264 e. The van der Waals surface area contributed by atoms with Crippen LogP contribution in [-0.2, 0) is 0 Å². The summed E-state index contributed by atoms with van der Waals surface area (Å²) in [4.78, 5) is 31.3. The Morgan fingerprint density at radius 1 is 1.23 bits per heavy atom. The van der Waals surface area contributed by atoms with Crippen LogP contribution in [0.5, 0.6) is 0 Å². The van der Waals surface area contributed by atoms with Gasteiger partial charge in [0.1, 0.15) is 11.4 Å². The zero-order chi connectivity index (χ0) is 16.4. The van der Waals surface area contributed by atoms with E-state index in [0.717, 1.165) is 16.8 Å². The van der Waals surface area contributed by atoms with Crippen LogP contribution in [0.3, 0.4) is 0 Å². The molecule has 1 heterocycles. The van der Waals surface area contributed by atoms with E-state index in [1.165, 1.54) is 0 Å². The van der Waals surface area contributed by atoms with Gasteiger partial charge in [-0.25, -0.2) is 4.98 Å². The number of H-pyrrole nitrogens is 1. The average Bonchev–Trinajstić information content (AvgIpc) is 2.39. The molecule has 0 saturated carbocycles. The highest BCUT2D eigenvalue weighted by Crippen LogP contribution is 2.27. The van der Waals surface area contributed by atoms with Gasteiger partial charge in [0.05, 0.1) is 5.69 Å². The van der Waals surface area contributed by atoms with Crippen molar-refractivity contribution in [2.24, 2.45) is 0 Å². The van der Waals surface area contributed by atoms with E-state index >= 15 is 0 Å². The minimum absolute atomic E-state index is 0.0589. The summed E-state index contributed by atoms with van der Waals surface area (Å²) in [6.07, 6.45) is 0. The summed E-state index contributed by atoms with van der Waals surface area (Å²) in [6, 6.07) is 5.88. The van der Waals surface area contributed by atoms with Crippen LogP contribution < -0.4 is 10.9 Å². The fraction of sp³-hybridized carbons (Fsp3) is 0.353. The lowest BCUT2D eigenvalue weighted by Gasteiger charge is -2.16. The van der Waals surface area contributed by atoms with E-state index in [1.807, 2.05) is 25.1 Å². The Kier molecular flexibility index (Phi) is 4.45. The van der Waals surface area contributed by atoms with Crippen LogP contribution in [0.2, 0.25) is 0 Å². The van der Waals surface area contributed by atoms with Crippen molar-refractivity contribution in [1.82, 2.24) is 9.97 Å². The molecule has 0 aliphatic heterocycles. The molecule has 0 bridgehead atoms. The highest BCUT2D eigenvalue weighted by Gasteiger charge is 2.18. The Bertz CT molecular complexity index is 776. The van der Waals surface area contributed by atoms with E-state index in [9.17, 15) is 9.59 Å². The quantitative estimate of drug-likeness (QED) is 0.914. The van der Waals surface area contributed by atoms with Crippen molar-refractivity contribution in [2.75, 3.05) is 5.32 Å². The molecule has 0 aliphatic rings. The summed E-state index contributed by atoms with van der Waals surface area (Å²) in [5.41, 5.74) is 2.85. The largest absolute Gasteiger partial charge is 0.321 e. The van der Waals surface area contributed by atoms with E-state index in [4.69, 9.17) is 0 Å². The van der Waals surface area contributed by atoms with E-state index in [2.05, 4.69) is 29.1 Å². The first-order valence-electron chi connectivity index (χ1n) is 7.29. The molecule has 22 heavy (non-hydrogen) atoms. The molecule has 2 rings (SSSR count). The lowest BCUT2D eigenvalue weighted by molar-refractivity contribution is 0.102. The van der Waals surface area contributed by atoms with Crippen molar-refractivity contribution in [1.29, 1.82) is 0 Å². The van der Waals surface area contributed by atoms with E-state index in [0.29, 0.717) is 11.5 Å². The van der Waals surface area contributed by atoms with Gasteiger partial charge < -0.3 is 10.3 Å². The molecule has 2 aromatic rings. The molecule has 0 atom stereocenters. The van der Waals surface area contributed by atoms with Crippen LogP contribution in [-0.4, -0.2) is 15.9 Å². The van der Waals surface area contributed by atoms with Crippen LogP contribution in [0.25, 0.3) is 0 Å². The van der Waals surface area contributed by atoms with Crippen molar-refractivity contribution < 1.29 is 4.79 Å². The molecular formula is C17H21N3O2. The number of para-hydroxylation sites is 1. The Labute approximate surface area is 129 Å². The van der Waals surface area contributed by atoms with Crippen LogP contribution in [0, 0.1) is 20.8 Å². The topological polar surface area (TPSA) is 74.8 Å². The van der Waals surface area contributed by atoms with Crippen LogP contribution in [0.15, 0.2) is 23.0 Å². The van der Waals surface area contributed by atoms with Crippen LogP contribution in [0.1, 0.15) is 52.8 Å². The van der Waals surface area contributed by atoms with Gasteiger partial charge in [-0.05, 0) is 37.8 Å². The highest BCUT2D eigenvalue weighted by molar-refractivity contribution is 6.05. The highest BCUT2D eigenvalue weighted by atomic mass is 16.2. The molecule has 2 N–H and O–H groups in total. The van der Waals surface area contributed by atoms with Gasteiger partial charge in [0.2, 0.25) is 0 Å². The predicted octanol–water partition coefficient (Wildman–Crippen LogP) is 3.07. The first kappa shape index (κ1) is 15.9. The second kappa shape index (κ2) is 6.13. The van der Waals surface area contributed by atoms with Crippen LogP contribution >= 0.6 is 0 Å². The second-order valence-corrected chi connectivity index (χ2v) is 5.76. The van der Waals surface area contributed by atoms with Crippen molar-refractivity contribution in [3.63, 3.8) is 0 Å². The fourth-order valence-corrected chi connectivity index (χ4v) is 2.51. The zero-order valence-corrected chi connectivity index (χ0v) is 13.6. The van der Waals surface area contributed by atoms with Gasteiger partial charge in [-0.1, -0.05) is 32.0 Å². The second-order valence-electron chi connectivity index (χ2n) is 5.76. The molecule has 0 spiro atoms. The third-order valence-electron chi connectivity index (χ3n) is 3.61. The summed E-state index contributed by atoms with van der Waals surface area (Å²) < 4.78 is 0. The van der Waals surface area contributed by atoms with Gasteiger partial charge in [-0.15, -0.1) is 0 Å². The molecule has 5 heteroatoms. The first-order chi connectivity index (χ1) is 10.3. The number of carbonyl (C=O) groups is 1. The molecule has 1 aromatic heterocycles. The van der Waals surface area contributed by atoms with Gasteiger partial charge in [-0.3, -0.25) is 9.59 Å². The fourth-order valence-electron chi connectivity index (χ4n) is 2.51. The molecule has 1 aromatic carbocycles. The number of amides is 1. The third-order valence-corrected chi connectivity index (χ3v) is 3.61. The van der Waals surface area contributed by atoms with Gasteiger partial charge in [0, 0.05) is 5.69 Å². The summed E-state index contributed by atoms with van der Waals surface area (Å²) in [7, 11) is 0. The normalized spacial score (nSPS) is 10.8. The van der Waals surface area contributed by atoms with Gasteiger partial charge in [0.25, 0.3) is 11.5 Å². The standard InChI is InChI=1S/C17H21N3O2/c1-9(2)13-8-6-7-10(3)15(13)20-17(22)14-11(4)18-12(5)19-16(14)21/h6-9H,1-5H3,(H,20,22)(H,18,19,21). The number of aromatic nitrogens is 2. The summed E-state index contributed by atoms with van der Waals surface area (Å²) in [5, 5.41) is 2.88. The smallest absolute Gasteiger partial charge is 0.264 e. The number of nitrogens with zero attached hydrogens (tertiary/aromatic N) is 1. The van der Waals surface area contributed by atoms with E-state index in [-0.39, 0.29) is 11.5 Å². The Morgan fingerprint density at radius 3 is 2.50 bits per heavy atom. The van der Waals surface area contributed by atoms with E-state index in [1.54, 1.807) is 13.8 Å². The molecule has 0 unspecified atom stereocenters. The van der Waals surface area contributed by atoms with Crippen molar-refractivity contribution >= 4 is 11.6 Å². The molecule has 0 aliphatic carbocycles. The monoisotopic (exact) mass is 299 g/mol. The third kappa shape index (κ3) is 3.08. The zero-order valence-electron chi connectivity index (χ0n) is 13.6. The Balaban J connectivity index is 2.45. The minimum Gasteiger partial charge on any atom is -0.321 e. The number of hydrogen-bond donors (Lipinski definition) is 2. The first-order valence-corrected chi connectivity index (χ1v) is 7.29. The number of anilines is 1. The number of rotatable bonds is 3. The summed E-state index contributed by atoms with van der Waals surface area (Å²) >= 11 is 0. The molecule has 0 fully saturated rings. The number of aromatic amines is 1. The minimum atomic E-state index is -0.428. The lowest BCUT2D eigenvalue weighted by atomic mass is 9.98. The molecule has 116 valence electrons. The van der Waals surface area contributed by atoms with Crippen molar-refractivity contribution in [3.05, 3.63) is 56.8 Å². The van der Waals surface area contributed by atoms with Gasteiger partial charge >= 0.3 is 0 Å². The number of nitrogens with one attached hydrogen (secondary N) is 2. The summed E-state index contributed by atoms with van der Waals surface area (Å²) in [5.74, 6) is 0.339. The maximum absolute atomic E-state index is 12.5. The number of carbonyl (C=O) groups excluding carboxylic acids is 1. The molecule has 0 radical (unpaired) electrons.